The van der Waals surface area contributed by atoms with Crippen molar-refractivity contribution in [3.05, 3.63) is 34.9 Å². The number of nitroso groups, excluding NO2 is 1. The van der Waals surface area contributed by atoms with Gasteiger partial charge in [0, 0.05) is 23.2 Å². The lowest BCUT2D eigenvalue weighted by atomic mass is 10.1. The molecule has 1 fully saturated rings. The summed E-state index contributed by atoms with van der Waals surface area (Å²) in [5.74, 6) is 0. The molecule has 20 heavy (non-hydrogen) atoms. The Bertz CT molecular complexity index is 654. The van der Waals surface area contributed by atoms with E-state index in [0.29, 0.717) is 17.3 Å². The Morgan fingerprint density at radius 2 is 2.05 bits per heavy atom. The van der Waals surface area contributed by atoms with Gasteiger partial charge in [-0.3, -0.25) is 4.79 Å². The van der Waals surface area contributed by atoms with Gasteiger partial charge in [-0.05, 0) is 56.4 Å². The minimum atomic E-state index is 0.379. The summed E-state index contributed by atoms with van der Waals surface area (Å²) in [4.78, 5) is 24.2. The first kappa shape index (κ1) is 13.0. The fourth-order valence-corrected chi connectivity index (χ4v) is 2.99. The SMILES string of the molecule is CN1CCC(n2cc(C=O)c3ccc(N=O)cc32)CC1. The molecule has 0 atom stereocenters. The molecule has 1 aliphatic rings. The van der Waals surface area contributed by atoms with Crippen molar-refractivity contribution in [1.82, 2.24) is 9.47 Å². The Morgan fingerprint density at radius 1 is 1.30 bits per heavy atom. The number of nitrogens with zero attached hydrogens (tertiary/aromatic N) is 3. The summed E-state index contributed by atoms with van der Waals surface area (Å²) in [6.45, 7) is 2.10. The number of benzene rings is 1. The van der Waals surface area contributed by atoms with E-state index in [-0.39, 0.29) is 0 Å². The zero-order valence-corrected chi connectivity index (χ0v) is 11.5. The zero-order chi connectivity index (χ0) is 14.1. The largest absolute Gasteiger partial charge is 0.344 e. The molecule has 0 bridgehead atoms. The topological polar surface area (TPSA) is 54.7 Å². The van der Waals surface area contributed by atoms with E-state index in [1.807, 2.05) is 6.20 Å². The van der Waals surface area contributed by atoms with Crippen molar-refractivity contribution in [2.24, 2.45) is 5.18 Å². The van der Waals surface area contributed by atoms with Crippen LogP contribution < -0.4 is 0 Å². The molecule has 2 heterocycles. The van der Waals surface area contributed by atoms with Gasteiger partial charge < -0.3 is 9.47 Å². The van der Waals surface area contributed by atoms with Crippen LogP contribution >= 0.6 is 0 Å². The summed E-state index contributed by atoms with van der Waals surface area (Å²) in [5.41, 5.74) is 2.01. The molecule has 5 nitrogen and oxygen atoms in total. The fraction of sp³-hybridized carbons (Fsp3) is 0.400. The number of aldehydes is 1. The zero-order valence-electron chi connectivity index (χ0n) is 11.5. The van der Waals surface area contributed by atoms with Gasteiger partial charge in [0.05, 0.1) is 5.52 Å². The number of carbonyl (C=O) groups excluding carboxylic acids is 1. The van der Waals surface area contributed by atoms with Crippen LogP contribution in [0.25, 0.3) is 10.9 Å². The quantitative estimate of drug-likeness (QED) is 0.636. The van der Waals surface area contributed by atoms with E-state index in [9.17, 15) is 9.70 Å². The summed E-state index contributed by atoms with van der Waals surface area (Å²) in [6, 6.07) is 5.61. The van der Waals surface area contributed by atoms with Gasteiger partial charge in [0.15, 0.2) is 6.29 Å². The van der Waals surface area contributed by atoms with E-state index in [0.717, 1.165) is 43.1 Å². The molecule has 0 saturated carbocycles. The maximum Gasteiger partial charge on any atom is 0.152 e. The van der Waals surface area contributed by atoms with Crippen molar-refractivity contribution >= 4 is 22.9 Å². The first-order chi connectivity index (χ1) is 9.72. The minimum Gasteiger partial charge on any atom is -0.344 e. The van der Waals surface area contributed by atoms with Crippen LogP contribution in [0.4, 0.5) is 5.69 Å². The van der Waals surface area contributed by atoms with Crippen molar-refractivity contribution in [1.29, 1.82) is 0 Å². The second-order valence-electron chi connectivity index (χ2n) is 5.44. The summed E-state index contributed by atoms with van der Waals surface area (Å²) in [7, 11) is 2.12. The highest BCUT2D eigenvalue weighted by Gasteiger charge is 2.21. The number of hydrogen-bond acceptors (Lipinski definition) is 4. The van der Waals surface area contributed by atoms with Gasteiger partial charge in [0.1, 0.15) is 5.69 Å². The number of piperidine rings is 1. The van der Waals surface area contributed by atoms with E-state index < -0.39 is 0 Å². The van der Waals surface area contributed by atoms with E-state index in [2.05, 4.69) is 21.7 Å². The second-order valence-corrected chi connectivity index (χ2v) is 5.44. The van der Waals surface area contributed by atoms with Gasteiger partial charge in [-0.2, -0.15) is 0 Å². The number of carbonyl (C=O) groups is 1. The Kier molecular flexibility index (Phi) is 3.36. The van der Waals surface area contributed by atoms with Crippen LogP contribution in [0.5, 0.6) is 0 Å². The highest BCUT2D eigenvalue weighted by Crippen LogP contribution is 2.31. The highest BCUT2D eigenvalue weighted by molar-refractivity contribution is 5.98. The molecular formula is C15H17N3O2. The van der Waals surface area contributed by atoms with Crippen molar-refractivity contribution in [3.63, 3.8) is 0 Å². The van der Waals surface area contributed by atoms with Gasteiger partial charge in [-0.1, -0.05) is 0 Å². The molecule has 5 heteroatoms. The first-order valence-electron chi connectivity index (χ1n) is 6.84. The molecule has 1 aromatic heterocycles. The maximum atomic E-state index is 11.2. The number of aromatic nitrogens is 1. The van der Waals surface area contributed by atoms with Crippen LogP contribution in [-0.4, -0.2) is 35.9 Å². The van der Waals surface area contributed by atoms with E-state index in [1.165, 1.54) is 0 Å². The van der Waals surface area contributed by atoms with Gasteiger partial charge >= 0.3 is 0 Å². The number of fused-ring (bicyclic) bond motifs is 1. The standard InChI is InChI=1S/C15H17N3O2/c1-17-6-4-13(5-7-17)18-9-11(10-19)14-3-2-12(16-20)8-15(14)18/h2-3,8-10,13H,4-7H2,1H3. The van der Waals surface area contributed by atoms with Crippen LogP contribution in [-0.2, 0) is 0 Å². The lowest BCUT2D eigenvalue weighted by Gasteiger charge is -2.30. The summed E-state index contributed by atoms with van der Waals surface area (Å²) in [6.07, 6.45) is 4.89. The van der Waals surface area contributed by atoms with Crippen molar-refractivity contribution in [2.75, 3.05) is 20.1 Å². The van der Waals surface area contributed by atoms with E-state index in [4.69, 9.17) is 0 Å². The Labute approximate surface area is 117 Å². The molecule has 0 spiro atoms. The normalized spacial score (nSPS) is 17.4. The summed E-state index contributed by atoms with van der Waals surface area (Å²) < 4.78 is 2.14. The minimum absolute atomic E-state index is 0.379. The van der Waals surface area contributed by atoms with E-state index >= 15 is 0 Å². The van der Waals surface area contributed by atoms with Crippen LogP contribution in [0.3, 0.4) is 0 Å². The monoisotopic (exact) mass is 271 g/mol. The molecule has 3 rings (SSSR count). The molecule has 0 radical (unpaired) electrons. The Balaban J connectivity index is 2.09. The van der Waals surface area contributed by atoms with Crippen LogP contribution in [0.15, 0.2) is 29.6 Å². The predicted octanol–water partition coefficient (Wildman–Crippen LogP) is 3.12. The molecule has 0 unspecified atom stereocenters. The molecule has 1 aromatic carbocycles. The molecule has 1 saturated heterocycles. The molecule has 0 amide bonds. The average Bonchev–Trinajstić information content (AvgIpc) is 2.86. The number of rotatable bonds is 3. The second kappa shape index (κ2) is 5.17. The average molecular weight is 271 g/mol. The summed E-state index contributed by atoms with van der Waals surface area (Å²) in [5, 5.41) is 3.89. The van der Waals surface area contributed by atoms with Gasteiger partial charge in [-0.15, -0.1) is 4.91 Å². The maximum absolute atomic E-state index is 11.2. The summed E-state index contributed by atoms with van der Waals surface area (Å²) >= 11 is 0. The van der Waals surface area contributed by atoms with Crippen LogP contribution in [0.2, 0.25) is 0 Å². The Morgan fingerprint density at radius 3 is 2.70 bits per heavy atom. The third-order valence-corrected chi connectivity index (χ3v) is 4.16. The highest BCUT2D eigenvalue weighted by atomic mass is 16.3. The fourth-order valence-electron chi connectivity index (χ4n) is 2.99. The molecule has 0 N–H and O–H groups in total. The van der Waals surface area contributed by atoms with Gasteiger partial charge in [0.25, 0.3) is 0 Å². The Hall–Kier alpha value is -2.01. The van der Waals surface area contributed by atoms with Gasteiger partial charge in [-0.25, -0.2) is 0 Å². The van der Waals surface area contributed by atoms with Crippen LogP contribution in [0, 0.1) is 4.91 Å². The number of likely N-dealkylation sites (tertiary alicyclic amines) is 1. The molecular weight excluding hydrogens is 254 g/mol. The lowest BCUT2D eigenvalue weighted by molar-refractivity contribution is 0.112. The smallest absolute Gasteiger partial charge is 0.152 e. The molecule has 2 aromatic rings. The van der Waals surface area contributed by atoms with Crippen molar-refractivity contribution in [3.8, 4) is 0 Å². The third kappa shape index (κ3) is 2.14. The van der Waals surface area contributed by atoms with Crippen LogP contribution in [0.1, 0.15) is 29.2 Å². The first-order valence-corrected chi connectivity index (χ1v) is 6.84. The molecule has 1 aliphatic heterocycles. The van der Waals surface area contributed by atoms with E-state index in [1.54, 1.807) is 18.2 Å². The number of hydrogen-bond donors (Lipinski definition) is 0. The van der Waals surface area contributed by atoms with Crippen molar-refractivity contribution in [2.45, 2.75) is 18.9 Å². The molecule has 104 valence electrons. The third-order valence-electron chi connectivity index (χ3n) is 4.16. The lowest BCUT2D eigenvalue weighted by Crippen LogP contribution is -2.31. The van der Waals surface area contributed by atoms with Crippen molar-refractivity contribution < 1.29 is 4.79 Å². The molecule has 0 aliphatic carbocycles. The predicted molar refractivity (Wildman–Crippen MR) is 78.5 cm³/mol. The van der Waals surface area contributed by atoms with Gasteiger partial charge in [0.2, 0.25) is 0 Å².